The van der Waals surface area contributed by atoms with Crippen molar-refractivity contribution in [2.45, 2.75) is 12.1 Å². The summed E-state index contributed by atoms with van der Waals surface area (Å²) in [5.74, 6) is -1.18. The number of nitrogens with zero attached hydrogens (tertiary/aromatic N) is 3. The van der Waals surface area contributed by atoms with Crippen LogP contribution in [0.3, 0.4) is 0 Å². The first-order chi connectivity index (χ1) is 16.4. The van der Waals surface area contributed by atoms with Gasteiger partial charge in [-0.2, -0.15) is 0 Å². The van der Waals surface area contributed by atoms with Gasteiger partial charge in [0, 0.05) is 16.6 Å². The average Bonchev–Trinajstić information content (AvgIpc) is 3.36. The number of benzene rings is 3. The first kappa shape index (κ1) is 22.1. The zero-order valence-electron chi connectivity index (χ0n) is 17.8. The molecular weight excluding hydrogens is 506 g/mol. The maximum Gasteiger partial charge on any atom is 0.271 e. The third-order valence-electron chi connectivity index (χ3n) is 5.93. The Kier molecular flexibility index (Phi) is 5.54. The lowest BCUT2D eigenvalue weighted by molar-refractivity contribution is -0.384. The van der Waals surface area contributed by atoms with E-state index in [9.17, 15) is 19.7 Å². The molecule has 0 spiro atoms. The van der Waals surface area contributed by atoms with E-state index in [1.165, 1.54) is 30.4 Å². The van der Waals surface area contributed by atoms with Gasteiger partial charge < -0.3 is 4.74 Å². The predicted octanol–water partition coefficient (Wildman–Crippen LogP) is 4.42. The number of anilines is 2. The first-order valence-electron chi connectivity index (χ1n) is 10.4. The van der Waals surface area contributed by atoms with Gasteiger partial charge in [-0.05, 0) is 48.0 Å². The summed E-state index contributed by atoms with van der Waals surface area (Å²) in [4.78, 5) is 45.0. The number of ether oxygens (including phenoxy) is 1. The Morgan fingerprint density at radius 3 is 2.41 bits per heavy atom. The fourth-order valence-electron chi connectivity index (χ4n) is 4.39. The molecule has 0 aliphatic carbocycles. The fraction of sp³-hybridized carbons (Fsp3) is 0.167. The lowest BCUT2D eigenvalue weighted by Gasteiger charge is -2.28. The molecule has 3 atom stereocenters. The van der Waals surface area contributed by atoms with Crippen molar-refractivity contribution in [3.63, 3.8) is 0 Å². The van der Waals surface area contributed by atoms with Crippen LogP contribution in [0.4, 0.5) is 17.1 Å². The van der Waals surface area contributed by atoms with Crippen LogP contribution >= 0.6 is 15.9 Å². The minimum Gasteiger partial charge on any atom is -0.497 e. The number of amides is 2. The number of hydrogen-bond acceptors (Lipinski definition) is 7. The number of methoxy groups -OCH3 is 1. The lowest BCUT2D eigenvalue weighted by atomic mass is 9.90. The van der Waals surface area contributed by atoms with E-state index in [2.05, 4.69) is 15.9 Å². The predicted molar refractivity (Wildman–Crippen MR) is 126 cm³/mol. The highest BCUT2D eigenvalue weighted by Crippen LogP contribution is 2.48. The second-order valence-corrected chi connectivity index (χ2v) is 8.78. The molecule has 5 rings (SSSR count). The van der Waals surface area contributed by atoms with Gasteiger partial charge >= 0.3 is 0 Å². The maximum absolute atomic E-state index is 13.6. The highest BCUT2D eigenvalue weighted by Gasteiger charge is 2.60. The van der Waals surface area contributed by atoms with Crippen molar-refractivity contribution >= 4 is 44.8 Å². The van der Waals surface area contributed by atoms with Crippen LogP contribution in [-0.2, 0) is 14.4 Å². The van der Waals surface area contributed by atoms with Gasteiger partial charge in [-0.1, -0.05) is 34.1 Å². The van der Waals surface area contributed by atoms with E-state index in [-0.39, 0.29) is 5.69 Å². The Morgan fingerprint density at radius 2 is 1.71 bits per heavy atom. The lowest BCUT2D eigenvalue weighted by Crippen LogP contribution is -2.37. The van der Waals surface area contributed by atoms with E-state index in [0.29, 0.717) is 22.7 Å². The van der Waals surface area contributed by atoms with Crippen LogP contribution < -0.4 is 14.7 Å². The molecule has 2 fully saturated rings. The zero-order valence-corrected chi connectivity index (χ0v) is 19.4. The van der Waals surface area contributed by atoms with E-state index in [0.717, 1.165) is 9.37 Å². The smallest absolute Gasteiger partial charge is 0.271 e. The number of carbonyl (C=O) groups is 2. The summed E-state index contributed by atoms with van der Waals surface area (Å²) in [5, 5.41) is 12.8. The van der Waals surface area contributed by atoms with Crippen LogP contribution in [0.25, 0.3) is 0 Å². The molecule has 0 aromatic heterocycles. The van der Waals surface area contributed by atoms with Crippen molar-refractivity contribution in [1.82, 2.24) is 0 Å². The van der Waals surface area contributed by atoms with Crippen LogP contribution in [0.2, 0.25) is 0 Å². The van der Waals surface area contributed by atoms with Crippen molar-refractivity contribution in [1.29, 1.82) is 0 Å². The zero-order chi connectivity index (χ0) is 24.0. The third kappa shape index (κ3) is 3.61. The molecule has 0 bridgehead atoms. The van der Waals surface area contributed by atoms with Gasteiger partial charge in [0.25, 0.3) is 11.6 Å². The summed E-state index contributed by atoms with van der Waals surface area (Å²) in [5.41, 5.74) is 1.36. The molecule has 0 unspecified atom stereocenters. The molecule has 2 saturated heterocycles. The fourth-order valence-corrected chi connectivity index (χ4v) is 4.66. The molecule has 3 aromatic carbocycles. The molecule has 3 aromatic rings. The van der Waals surface area contributed by atoms with Crippen molar-refractivity contribution in [3.05, 3.63) is 92.9 Å². The highest BCUT2D eigenvalue weighted by molar-refractivity contribution is 9.10. The first-order valence-corrected chi connectivity index (χ1v) is 11.2. The minimum absolute atomic E-state index is 0.128. The quantitative estimate of drug-likeness (QED) is 0.277. The summed E-state index contributed by atoms with van der Waals surface area (Å²) >= 11 is 3.36. The molecule has 34 heavy (non-hydrogen) atoms. The molecule has 172 valence electrons. The highest BCUT2D eigenvalue weighted by atomic mass is 79.9. The van der Waals surface area contributed by atoms with E-state index in [1.807, 2.05) is 6.07 Å². The van der Waals surface area contributed by atoms with E-state index in [4.69, 9.17) is 9.57 Å². The Morgan fingerprint density at radius 1 is 0.971 bits per heavy atom. The largest absolute Gasteiger partial charge is 0.497 e. The van der Waals surface area contributed by atoms with Crippen molar-refractivity contribution in [2.75, 3.05) is 17.1 Å². The number of halogens is 1. The van der Waals surface area contributed by atoms with Gasteiger partial charge in [-0.3, -0.25) is 24.5 Å². The van der Waals surface area contributed by atoms with Crippen LogP contribution in [0.15, 0.2) is 77.3 Å². The van der Waals surface area contributed by atoms with Crippen molar-refractivity contribution in [2.24, 2.45) is 5.92 Å². The Balaban J connectivity index is 1.60. The SMILES string of the molecule is COc1cccc([C@@H]2[C@H]3C(=O)N(c4ccc(Br)cc4)C(=O)[C@H]3ON2c2cccc([N+](=O)[O-])c2)c1. The Hall–Kier alpha value is -3.76. The number of nitro benzene ring substituents is 1. The van der Waals surface area contributed by atoms with Crippen LogP contribution in [0, 0.1) is 16.0 Å². The maximum atomic E-state index is 13.6. The molecule has 2 heterocycles. The molecule has 0 N–H and O–H groups in total. The number of hydrogen-bond donors (Lipinski definition) is 0. The number of fused-ring (bicyclic) bond motifs is 1. The molecule has 2 aliphatic heterocycles. The van der Waals surface area contributed by atoms with Crippen LogP contribution in [0.5, 0.6) is 5.75 Å². The minimum atomic E-state index is -1.08. The van der Waals surface area contributed by atoms with Gasteiger partial charge in [-0.15, -0.1) is 0 Å². The number of non-ortho nitro benzene ring substituents is 1. The molecular formula is C24H18BrN3O6. The second-order valence-electron chi connectivity index (χ2n) is 7.86. The Labute approximate surface area is 202 Å². The molecule has 9 nitrogen and oxygen atoms in total. The van der Waals surface area contributed by atoms with Gasteiger partial charge in [-0.25, -0.2) is 9.96 Å². The average molecular weight is 524 g/mol. The Bertz CT molecular complexity index is 1300. The second kappa shape index (κ2) is 8.54. The summed E-state index contributed by atoms with van der Waals surface area (Å²) in [6.45, 7) is 0. The number of hydroxylamine groups is 1. The van der Waals surface area contributed by atoms with Crippen molar-refractivity contribution in [3.8, 4) is 5.75 Å². The van der Waals surface area contributed by atoms with E-state index >= 15 is 0 Å². The summed E-state index contributed by atoms with van der Waals surface area (Å²) in [6.07, 6.45) is -1.08. The normalized spacial score (nSPS) is 21.6. The third-order valence-corrected chi connectivity index (χ3v) is 6.46. The van der Waals surface area contributed by atoms with Crippen LogP contribution in [0.1, 0.15) is 11.6 Å². The molecule has 10 heteroatoms. The standard InChI is InChI=1S/C24H18BrN3O6/c1-33-19-7-2-4-14(12-19)21-20-22(34-27(21)17-5-3-6-18(13-17)28(31)32)24(30)26(23(20)29)16-10-8-15(25)9-11-16/h2-13,20-22H,1H3/t20-,21-,22+/m1/s1. The molecule has 0 radical (unpaired) electrons. The van der Waals surface area contributed by atoms with Gasteiger partial charge in [0.2, 0.25) is 5.91 Å². The molecule has 2 amide bonds. The summed E-state index contributed by atoms with van der Waals surface area (Å²) < 4.78 is 6.17. The molecule has 2 aliphatic rings. The molecule has 0 saturated carbocycles. The number of imide groups is 1. The van der Waals surface area contributed by atoms with Crippen molar-refractivity contribution < 1.29 is 24.1 Å². The van der Waals surface area contributed by atoms with Gasteiger partial charge in [0.05, 0.1) is 29.4 Å². The number of rotatable bonds is 5. The van der Waals surface area contributed by atoms with Gasteiger partial charge in [0.15, 0.2) is 6.10 Å². The number of nitro groups is 1. The van der Waals surface area contributed by atoms with Gasteiger partial charge in [0.1, 0.15) is 11.7 Å². The monoisotopic (exact) mass is 523 g/mol. The summed E-state index contributed by atoms with van der Waals surface area (Å²) in [7, 11) is 1.53. The topological polar surface area (TPSA) is 102 Å². The van der Waals surface area contributed by atoms with E-state index in [1.54, 1.807) is 48.5 Å². The van der Waals surface area contributed by atoms with Crippen LogP contribution in [-0.4, -0.2) is 30.0 Å². The number of carbonyl (C=O) groups excluding carboxylic acids is 2. The van der Waals surface area contributed by atoms with E-state index < -0.39 is 34.8 Å². The summed E-state index contributed by atoms with van der Waals surface area (Å²) in [6, 6.07) is 19.2.